The van der Waals surface area contributed by atoms with Gasteiger partial charge in [-0.15, -0.1) is 0 Å². The number of hydrogen-bond acceptors (Lipinski definition) is 7. The van der Waals surface area contributed by atoms with Gasteiger partial charge in [0.05, 0.1) is 6.54 Å². The molecule has 3 heterocycles. The van der Waals surface area contributed by atoms with E-state index in [2.05, 4.69) is 37.4 Å². The maximum Gasteiger partial charge on any atom is 0.246 e. The molecule has 1 fully saturated rings. The van der Waals surface area contributed by atoms with E-state index >= 15 is 0 Å². The monoisotopic (exact) mass is 330 g/mol. The van der Waals surface area contributed by atoms with E-state index in [0.29, 0.717) is 30.0 Å². The van der Waals surface area contributed by atoms with Crippen LogP contribution in [0.15, 0.2) is 23.0 Å². The molecule has 2 aromatic rings. The van der Waals surface area contributed by atoms with Gasteiger partial charge in [-0.05, 0) is 38.9 Å². The second-order valence-electron chi connectivity index (χ2n) is 6.03. The number of piperidine rings is 1. The van der Waals surface area contributed by atoms with Crippen LogP contribution in [-0.4, -0.2) is 50.5 Å². The Bertz CT molecular complexity index is 660. The molecule has 0 unspecified atom stereocenters. The van der Waals surface area contributed by atoms with Gasteiger partial charge in [-0.2, -0.15) is 4.98 Å². The third kappa shape index (κ3) is 4.35. The number of hydrogen-bond donors (Lipinski definition) is 1. The zero-order chi connectivity index (χ0) is 16.8. The second kappa shape index (κ2) is 7.96. The van der Waals surface area contributed by atoms with E-state index < -0.39 is 0 Å². The Balaban J connectivity index is 1.44. The predicted octanol–water partition coefficient (Wildman–Crippen LogP) is 1.41. The average molecular weight is 330 g/mol. The summed E-state index contributed by atoms with van der Waals surface area (Å²) in [5.41, 5.74) is 0. The molecule has 0 radical (unpaired) electrons. The molecule has 2 aromatic heterocycles. The summed E-state index contributed by atoms with van der Waals surface area (Å²) in [5.74, 6) is 1.08. The highest BCUT2D eigenvalue weighted by Crippen LogP contribution is 2.18. The summed E-state index contributed by atoms with van der Waals surface area (Å²) in [7, 11) is 2.13. The van der Waals surface area contributed by atoms with E-state index in [4.69, 9.17) is 4.52 Å². The van der Waals surface area contributed by atoms with E-state index in [0.717, 1.165) is 13.0 Å². The van der Waals surface area contributed by atoms with Crippen molar-refractivity contribution < 1.29 is 9.32 Å². The van der Waals surface area contributed by atoms with Crippen LogP contribution in [0.5, 0.6) is 0 Å². The molecule has 0 saturated carbocycles. The molecule has 8 nitrogen and oxygen atoms in total. The van der Waals surface area contributed by atoms with E-state index in [9.17, 15) is 4.79 Å². The highest BCUT2D eigenvalue weighted by Gasteiger charge is 2.19. The number of nitrogens with zero attached hydrogens (tertiary/aromatic N) is 5. The fourth-order valence-corrected chi connectivity index (χ4v) is 2.90. The summed E-state index contributed by atoms with van der Waals surface area (Å²) in [6.45, 7) is 1.35. The van der Waals surface area contributed by atoms with Crippen molar-refractivity contribution in [1.82, 2.24) is 30.3 Å². The highest BCUT2D eigenvalue weighted by atomic mass is 16.5. The quantitative estimate of drug-likeness (QED) is 0.855. The molecule has 8 heteroatoms. The SMILES string of the molecule is CN1CCCC[C@@H]1CCC(=O)NCc1nc(-c2ncccn2)no1. The van der Waals surface area contributed by atoms with Crippen molar-refractivity contribution in [2.45, 2.75) is 44.7 Å². The number of likely N-dealkylation sites (tertiary alicyclic amines) is 1. The van der Waals surface area contributed by atoms with Gasteiger partial charge >= 0.3 is 0 Å². The first-order chi connectivity index (χ1) is 11.7. The number of carbonyl (C=O) groups excluding carboxylic acids is 1. The summed E-state index contributed by atoms with van der Waals surface area (Å²) in [5, 5.41) is 6.65. The fourth-order valence-electron chi connectivity index (χ4n) is 2.90. The van der Waals surface area contributed by atoms with E-state index in [-0.39, 0.29) is 12.5 Å². The fraction of sp³-hybridized carbons (Fsp3) is 0.562. The standard InChI is InChI=1S/C16H22N6O2/c1-22-10-3-2-5-12(22)6-7-13(23)19-11-14-20-16(21-24-14)15-17-8-4-9-18-15/h4,8-9,12H,2-3,5-7,10-11H2,1H3,(H,19,23)/t12-/m1/s1. The van der Waals surface area contributed by atoms with Crippen LogP contribution in [0.25, 0.3) is 11.6 Å². The molecule has 1 aliphatic rings. The first-order valence-corrected chi connectivity index (χ1v) is 8.29. The first-order valence-electron chi connectivity index (χ1n) is 8.29. The van der Waals surface area contributed by atoms with Crippen LogP contribution in [0.2, 0.25) is 0 Å². The van der Waals surface area contributed by atoms with Gasteiger partial charge in [0.1, 0.15) is 0 Å². The molecule has 0 aliphatic carbocycles. The maximum atomic E-state index is 12.0. The molecule has 1 aliphatic heterocycles. The summed E-state index contributed by atoms with van der Waals surface area (Å²) in [6, 6.07) is 2.23. The van der Waals surface area contributed by atoms with Crippen molar-refractivity contribution in [2.24, 2.45) is 0 Å². The number of carbonyl (C=O) groups is 1. The molecular weight excluding hydrogens is 308 g/mol. The third-order valence-electron chi connectivity index (χ3n) is 4.30. The van der Waals surface area contributed by atoms with Crippen molar-refractivity contribution >= 4 is 5.91 Å². The van der Waals surface area contributed by atoms with Gasteiger partial charge in [0.2, 0.25) is 23.4 Å². The third-order valence-corrected chi connectivity index (χ3v) is 4.30. The largest absolute Gasteiger partial charge is 0.347 e. The number of nitrogens with one attached hydrogen (secondary N) is 1. The van der Waals surface area contributed by atoms with Crippen LogP contribution in [-0.2, 0) is 11.3 Å². The first kappa shape index (κ1) is 16.5. The lowest BCUT2D eigenvalue weighted by molar-refractivity contribution is -0.121. The van der Waals surface area contributed by atoms with Crippen molar-refractivity contribution in [2.75, 3.05) is 13.6 Å². The van der Waals surface area contributed by atoms with Gasteiger partial charge < -0.3 is 14.7 Å². The second-order valence-corrected chi connectivity index (χ2v) is 6.03. The summed E-state index contributed by atoms with van der Waals surface area (Å²) in [6.07, 6.45) is 8.30. The highest BCUT2D eigenvalue weighted by molar-refractivity contribution is 5.75. The van der Waals surface area contributed by atoms with Crippen molar-refractivity contribution in [3.63, 3.8) is 0 Å². The molecule has 3 rings (SSSR count). The van der Waals surface area contributed by atoms with E-state index in [1.54, 1.807) is 18.5 Å². The average Bonchev–Trinajstić information content (AvgIpc) is 3.09. The zero-order valence-corrected chi connectivity index (χ0v) is 13.8. The Labute approximate surface area is 140 Å². The normalized spacial score (nSPS) is 18.5. The van der Waals surface area contributed by atoms with Gasteiger partial charge in [-0.3, -0.25) is 4.79 Å². The van der Waals surface area contributed by atoms with Crippen LogP contribution in [0.4, 0.5) is 0 Å². The van der Waals surface area contributed by atoms with E-state index in [1.165, 1.54) is 19.3 Å². The number of aromatic nitrogens is 4. The minimum absolute atomic E-state index is 0.00434. The summed E-state index contributed by atoms with van der Waals surface area (Å²) in [4.78, 5) is 26.7. The van der Waals surface area contributed by atoms with Crippen LogP contribution in [0.1, 0.15) is 38.0 Å². The van der Waals surface area contributed by atoms with Crippen LogP contribution in [0, 0.1) is 0 Å². The predicted molar refractivity (Wildman–Crippen MR) is 86.7 cm³/mol. The van der Waals surface area contributed by atoms with Crippen molar-refractivity contribution in [3.8, 4) is 11.6 Å². The van der Waals surface area contributed by atoms with Crippen molar-refractivity contribution in [3.05, 3.63) is 24.4 Å². The van der Waals surface area contributed by atoms with E-state index in [1.807, 2.05) is 0 Å². The molecule has 0 aromatic carbocycles. The Morgan fingerprint density at radius 3 is 2.96 bits per heavy atom. The Morgan fingerprint density at radius 2 is 2.17 bits per heavy atom. The smallest absolute Gasteiger partial charge is 0.246 e. The Kier molecular flexibility index (Phi) is 5.47. The number of amides is 1. The van der Waals surface area contributed by atoms with Gasteiger partial charge in [0.25, 0.3) is 0 Å². The van der Waals surface area contributed by atoms with Gasteiger partial charge in [-0.1, -0.05) is 11.6 Å². The Hall–Kier alpha value is -2.35. The topological polar surface area (TPSA) is 97.0 Å². The Morgan fingerprint density at radius 1 is 1.33 bits per heavy atom. The molecule has 0 spiro atoms. The van der Waals surface area contributed by atoms with Crippen LogP contribution in [0.3, 0.4) is 0 Å². The lowest BCUT2D eigenvalue weighted by Crippen LogP contribution is -2.37. The zero-order valence-electron chi connectivity index (χ0n) is 13.8. The lowest BCUT2D eigenvalue weighted by Gasteiger charge is -2.32. The molecule has 128 valence electrons. The van der Waals surface area contributed by atoms with Gasteiger partial charge in [0.15, 0.2) is 0 Å². The molecule has 24 heavy (non-hydrogen) atoms. The molecule has 1 N–H and O–H groups in total. The van der Waals surface area contributed by atoms with Crippen LogP contribution < -0.4 is 5.32 Å². The van der Waals surface area contributed by atoms with Crippen molar-refractivity contribution in [1.29, 1.82) is 0 Å². The maximum absolute atomic E-state index is 12.0. The molecule has 0 bridgehead atoms. The minimum Gasteiger partial charge on any atom is -0.347 e. The lowest BCUT2D eigenvalue weighted by atomic mass is 9.98. The molecular formula is C16H22N6O2. The van der Waals surface area contributed by atoms with Crippen LogP contribution >= 0.6 is 0 Å². The minimum atomic E-state index is 0.00434. The van der Waals surface area contributed by atoms with Gasteiger partial charge in [-0.25, -0.2) is 9.97 Å². The molecule has 1 saturated heterocycles. The summed E-state index contributed by atoms with van der Waals surface area (Å²) >= 11 is 0. The molecule has 1 amide bonds. The summed E-state index contributed by atoms with van der Waals surface area (Å²) < 4.78 is 5.12. The van der Waals surface area contributed by atoms with Gasteiger partial charge in [0, 0.05) is 24.9 Å². The number of rotatable bonds is 6. The molecule has 1 atom stereocenters.